The summed E-state index contributed by atoms with van der Waals surface area (Å²) in [4.78, 5) is 2.45. The van der Waals surface area contributed by atoms with Crippen molar-refractivity contribution in [1.82, 2.24) is 14.5 Å². The van der Waals surface area contributed by atoms with E-state index in [2.05, 4.69) is 10.2 Å². The highest BCUT2D eigenvalue weighted by Gasteiger charge is 2.24. The molecule has 1 aromatic carbocycles. The maximum atomic E-state index is 12.6. The van der Waals surface area contributed by atoms with E-state index in [1.807, 2.05) is 26.2 Å². The summed E-state index contributed by atoms with van der Waals surface area (Å²) >= 11 is 0. The number of hydrogen-bond acceptors (Lipinski definition) is 4. The maximum Gasteiger partial charge on any atom is 0.243 e. The molecule has 0 spiro atoms. The lowest BCUT2D eigenvalue weighted by molar-refractivity contribution is 0.402. The number of hydrogen-bond donors (Lipinski definition) is 1. The summed E-state index contributed by atoms with van der Waals surface area (Å²) in [5, 5.41) is 3.22. The van der Waals surface area contributed by atoms with Gasteiger partial charge in [-0.15, -0.1) is 12.4 Å². The second kappa shape index (κ2) is 8.10. The molecule has 120 valence electrons. The number of benzene rings is 1. The Morgan fingerprint density at radius 2 is 1.81 bits per heavy atom. The van der Waals surface area contributed by atoms with Gasteiger partial charge in [-0.3, -0.25) is 0 Å². The number of nitrogens with one attached hydrogen (secondary N) is 1. The van der Waals surface area contributed by atoms with Gasteiger partial charge in [0.25, 0.3) is 0 Å². The zero-order chi connectivity index (χ0) is 14.6. The lowest BCUT2D eigenvalue weighted by atomic mass is 10.2. The lowest BCUT2D eigenvalue weighted by Gasteiger charge is -2.20. The Balaban J connectivity index is 0.00000220. The minimum absolute atomic E-state index is 0. The van der Waals surface area contributed by atoms with Gasteiger partial charge in [-0.25, -0.2) is 8.42 Å². The van der Waals surface area contributed by atoms with E-state index in [1.165, 1.54) is 0 Å². The fourth-order valence-corrected chi connectivity index (χ4v) is 3.82. The van der Waals surface area contributed by atoms with Crippen molar-refractivity contribution in [3.05, 3.63) is 29.8 Å². The molecule has 1 aliphatic rings. The molecular formula is C14H24ClN3O2S. The van der Waals surface area contributed by atoms with Crippen molar-refractivity contribution in [3.8, 4) is 0 Å². The summed E-state index contributed by atoms with van der Waals surface area (Å²) < 4.78 is 26.7. The van der Waals surface area contributed by atoms with Crippen LogP contribution in [0, 0.1) is 0 Å². The minimum Gasteiger partial charge on any atom is -0.315 e. The van der Waals surface area contributed by atoms with Crippen LogP contribution in [0.2, 0.25) is 0 Å². The molecular weight excluding hydrogens is 310 g/mol. The lowest BCUT2D eigenvalue weighted by Crippen LogP contribution is -2.34. The minimum atomic E-state index is -3.35. The quantitative estimate of drug-likeness (QED) is 0.898. The molecule has 21 heavy (non-hydrogen) atoms. The molecule has 5 nitrogen and oxygen atoms in total. The van der Waals surface area contributed by atoms with Gasteiger partial charge in [-0.05, 0) is 44.8 Å². The van der Waals surface area contributed by atoms with E-state index in [9.17, 15) is 8.42 Å². The molecule has 1 N–H and O–H groups in total. The third kappa shape index (κ3) is 4.93. The molecule has 1 aromatic rings. The Bertz CT molecular complexity index is 524. The summed E-state index contributed by atoms with van der Waals surface area (Å²) in [7, 11) is 0.639. The van der Waals surface area contributed by atoms with Crippen molar-refractivity contribution < 1.29 is 8.42 Å². The zero-order valence-corrected chi connectivity index (χ0v) is 14.2. The van der Waals surface area contributed by atoms with Gasteiger partial charge in [0.2, 0.25) is 10.0 Å². The summed E-state index contributed by atoms with van der Waals surface area (Å²) in [6.45, 7) is 3.55. The summed E-state index contributed by atoms with van der Waals surface area (Å²) in [6, 6.07) is 7.21. The molecule has 1 saturated heterocycles. The van der Waals surface area contributed by atoms with Gasteiger partial charge in [-0.2, -0.15) is 4.31 Å². The number of rotatable bonds is 4. The number of sulfonamides is 1. The van der Waals surface area contributed by atoms with Crippen molar-refractivity contribution in [1.29, 1.82) is 0 Å². The van der Waals surface area contributed by atoms with E-state index in [0.717, 1.165) is 31.6 Å². The predicted octanol–water partition coefficient (Wildman–Crippen LogP) is 1.15. The van der Waals surface area contributed by atoms with Crippen molar-refractivity contribution in [2.45, 2.75) is 17.9 Å². The van der Waals surface area contributed by atoms with Gasteiger partial charge < -0.3 is 10.2 Å². The molecule has 0 unspecified atom stereocenters. The summed E-state index contributed by atoms with van der Waals surface area (Å²) in [5.41, 5.74) is 1.12. The summed E-state index contributed by atoms with van der Waals surface area (Å²) in [5.74, 6) is 0. The smallest absolute Gasteiger partial charge is 0.243 e. The molecule has 1 fully saturated rings. The molecule has 2 rings (SSSR count). The van der Waals surface area contributed by atoms with Crippen LogP contribution in [0.15, 0.2) is 29.2 Å². The molecule has 0 saturated carbocycles. The summed E-state index contributed by atoms with van der Waals surface area (Å²) in [6.07, 6.45) is 0.859. The highest BCUT2D eigenvalue weighted by molar-refractivity contribution is 7.89. The van der Waals surface area contributed by atoms with E-state index in [1.54, 1.807) is 16.4 Å². The second-order valence-electron chi connectivity index (χ2n) is 5.39. The topological polar surface area (TPSA) is 52.7 Å². The molecule has 0 bridgehead atoms. The van der Waals surface area contributed by atoms with Crippen molar-refractivity contribution in [3.63, 3.8) is 0 Å². The van der Waals surface area contributed by atoms with E-state index in [-0.39, 0.29) is 12.4 Å². The Labute approximate surface area is 133 Å². The van der Waals surface area contributed by atoms with E-state index >= 15 is 0 Å². The molecule has 0 radical (unpaired) electrons. The van der Waals surface area contributed by atoms with Crippen LogP contribution in [-0.4, -0.2) is 57.9 Å². The first-order chi connectivity index (χ1) is 9.50. The first-order valence-electron chi connectivity index (χ1n) is 6.95. The van der Waals surface area contributed by atoms with Gasteiger partial charge >= 0.3 is 0 Å². The third-order valence-corrected chi connectivity index (χ3v) is 5.27. The largest absolute Gasteiger partial charge is 0.315 e. The van der Waals surface area contributed by atoms with Crippen LogP contribution in [0.25, 0.3) is 0 Å². The Hall–Kier alpha value is -0.660. The molecule has 0 aliphatic carbocycles. The van der Waals surface area contributed by atoms with Crippen LogP contribution in [0.1, 0.15) is 12.0 Å². The first-order valence-corrected chi connectivity index (χ1v) is 8.39. The molecule has 1 heterocycles. The van der Waals surface area contributed by atoms with Gasteiger partial charge in [0.05, 0.1) is 4.90 Å². The molecule has 1 aliphatic heterocycles. The number of nitrogens with zero attached hydrogens (tertiary/aromatic N) is 2. The van der Waals surface area contributed by atoms with Crippen LogP contribution in [0.3, 0.4) is 0 Å². The zero-order valence-electron chi connectivity index (χ0n) is 12.6. The van der Waals surface area contributed by atoms with Gasteiger partial charge in [0, 0.05) is 26.2 Å². The monoisotopic (exact) mass is 333 g/mol. The van der Waals surface area contributed by atoms with Crippen molar-refractivity contribution >= 4 is 22.4 Å². The third-order valence-electron chi connectivity index (χ3n) is 3.36. The Morgan fingerprint density at radius 3 is 2.43 bits per heavy atom. The fraction of sp³-hybridized carbons (Fsp3) is 0.571. The van der Waals surface area contributed by atoms with Gasteiger partial charge in [0.1, 0.15) is 0 Å². The molecule has 7 heteroatoms. The van der Waals surface area contributed by atoms with Crippen molar-refractivity contribution in [2.75, 3.05) is 40.3 Å². The normalized spacial score (nSPS) is 17.3. The molecule has 0 aromatic heterocycles. The van der Waals surface area contributed by atoms with Gasteiger partial charge in [0.15, 0.2) is 0 Å². The van der Waals surface area contributed by atoms with E-state index in [4.69, 9.17) is 0 Å². The molecule has 0 atom stereocenters. The first kappa shape index (κ1) is 18.4. The maximum absolute atomic E-state index is 12.6. The van der Waals surface area contributed by atoms with Crippen LogP contribution in [0.5, 0.6) is 0 Å². The average Bonchev–Trinajstić information content (AvgIpc) is 2.68. The fourth-order valence-electron chi connectivity index (χ4n) is 2.34. The standard InChI is InChI=1S/C14H23N3O2S.ClH/c1-16(2)12-13-4-6-14(7-5-13)20(18,19)17-10-3-8-15-9-11-17;/h4-7,15H,3,8-12H2,1-2H3;1H. The van der Waals surface area contributed by atoms with Crippen LogP contribution >= 0.6 is 12.4 Å². The van der Waals surface area contributed by atoms with Crippen molar-refractivity contribution in [2.24, 2.45) is 0 Å². The SMILES string of the molecule is CN(C)Cc1ccc(S(=O)(=O)N2CCCNCC2)cc1.Cl. The Kier molecular flexibility index (Phi) is 7.09. The van der Waals surface area contributed by atoms with Crippen LogP contribution < -0.4 is 5.32 Å². The molecule has 0 amide bonds. The van der Waals surface area contributed by atoms with E-state index in [0.29, 0.717) is 18.0 Å². The highest BCUT2D eigenvalue weighted by Crippen LogP contribution is 2.17. The van der Waals surface area contributed by atoms with Crippen LogP contribution in [0.4, 0.5) is 0 Å². The highest BCUT2D eigenvalue weighted by atomic mass is 35.5. The van der Waals surface area contributed by atoms with Gasteiger partial charge in [-0.1, -0.05) is 12.1 Å². The number of halogens is 1. The van der Waals surface area contributed by atoms with E-state index < -0.39 is 10.0 Å². The second-order valence-corrected chi connectivity index (χ2v) is 7.33. The predicted molar refractivity (Wildman–Crippen MR) is 87.3 cm³/mol. The Morgan fingerprint density at radius 1 is 1.14 bits per heavy atom. The average molecular weight is 334 g/mol. The van der Waals surface area contributed by atoms with Crippen LogP contribution in [-0.2, 0) is 16.6 Å².